The van der Waals surface area contributed by atoms with Crippen molar-refractivity contribution in [3.63, 3.8) is 0 Å². The third-order valence-corrected chi connectivity index (χ3v) is 8.41. The van der Waals surface area contributed by atoms with Crippen molar-refractivity contribution < 1.29 is 37.4 Å². The molecule has 2 aliphatic rings. The number of likely N-dealkylation sites (N-methyl/N-ethyl adjacent to an activating group) is 1. The first-order valence-corrected chi connectivity index (χ1v) is 14.5. The predicted molar refractivity (Wildman–Crippen MR) is 139 cm³/mol. The number of ether oxygens (including phenoxy) is 1. The summed E-state index contributed by atoms with van der Waals surface area (Å²) in [5.74, 6) is -4.33. The van der Waals surface area contributed by atoms with Gasteiger partial charge in [0.25, 0.3) is 0 Å². The van der Waals surface area contributed by atoms with Crippen LogP contribution in [0.4, 0.5) is 4.79 Å². The van der Waals surface area contributed by atoms with Crippen LogP contribution in [0.3, 0.4) is 0 Å². The number of benzene rings is 1. The van der Waals surface area contributed by atoms with Crippen molar-refractivity contribution in [2.24, 2.45) is 5.92 Å². The molecule has 3 rings (SSSR count). The van der Waals surface area contributed by atoms with Crippen molar-refractivity contribution in [1.82, 2.24) is 14.7 Å². The zero-order valence-electron chi connectivity index (χ0n) is 22.3. The summed E-state index contributed by atoms with van der Waals surface area (Å²) >= 11 is 0. The second kappa shape index (κ2) is 11.7. The van der Waals surface area contributed by atoms with Gasteiger partial charge in [0.1, 0.15) is 11.6 Å². The summed E-state index contributed by atoms with van der Waals surface area (Å²) < 4.78 is 31.5. The van der Waals surface area contributed by atoms with Crippen LogP contribution in [0.5, 0.6) is 0 Å². The molecule has 0 spiro atoms. The minimum absolute atomic E-state index is 0.197. The van der Waals surface area contributed by atoms with Gasteiger partial charge in [-0.05, 0) is 39.2 Å². The van der Waals surface area contributed by atoms with Crippen LogP contribution >= 0.6 is 0 Å². The van der Waals surface area contributed by atoms with Crippen molar-refractivity contribution >= 4 is 33.7 Å². The first kappa shape index (κ1) is 29.4. The van der Waals surface area contributed by atoms with Crippen LogP contribution < -0.4 is 0 Å². The third kappa shape index (κ3) is 7.68. The summed E-state index contributed by atoms with van der Waals surface area (Å²) in [6.45, 7) is 6.00. The molecule has 2 aliphatic heterocycles. The molecule has 2 fully saturated rings. The zero-order chi connectivity index (χ0) is 28.3. The highest BCUT2D eigenvalue weighted by molar-refractivity contribution is 7.90. The van der Waals surface area contributed by atoms with E-state index in [4.69, 9.17) is 4.74 Å². The number of sulfone groups is 1. The maximum Gasteiger partial charge on any atom is 0.410 e. The molecular weight excluding hydrogens is 514 g/mol. The lowest BCUT2D eigenvalue weighted by molar-refractivity contribution is -0.150. The van der Waals surface area contributed by atoms with Gasteiger partial charge >= 0.3 is 12.1 Å². The summed E-state index contributed by atoms with van der Waals surface area (Å²) in [4.78, 5) is 54.6. The van der Waals surface area contributed by atoms with E-state index in [1.54, 1.807) is 58.2 Å². The average molecular weight is 552 g/mol. The maximum absolute atomic E-state index is 13.4. The Bertz CT molecular complexity index is 1140. The minimum Gasteiger partial charge on any atom is -0.480 e. The Labute approximate surface area is 223 Å². The summed E-state index contributed by atoms with van der Waals surface area (Å²) in [5, 5.41) is 9.53. The van der Waals surface area contributed by atoms with Gasteiger partial charge in [0, 0.05) is 33.1 Å². The Morgan fingerprint density at radius 1 is 1.13 bits per heavy atom. The van der Waals surface area contributed by atoms with Crippen LogP contribution in [0.25, 0.3) is 0 Å². The number of amides is 3. The van der Waals surface area contributed by atoms with Crippen molar-refractivity contribution in [1.29, 1.82) is 0 Å². The number of carbonyl (C=O) groups excluding carboxylic acids is 3. The van der Waals surface area contributed by atoms with Crippen LogP contribution in [0.2, 0.25) is 0 Å². The third-order valence-electron chi connectivity index (χ3n) is 6.73. The molecule has 0 unspecified atom stereocenters. The number of carboxylic acid groups (broad SMARTS) is 1. The van der Waals surface area contributed by atoms with E-state index in [-0.39, 0.29) is 44.3 Å². The van der Waals surface area contributed by atoms with Gasteiger partial charge in [0.15, 0.2) is 9.84 Å². The largest absolute Gasteiger partial charge is 0.480 e. The Morgan fingerprint density at radius 3 is 2.34 bits per heavy atom. The number of carbonyl (C=O) groups is 4. The molecule has 1 aromatic rings. The molecule has 2 atom stereocenters. The van der Waals surface area contributed by atoms with Crippen molar-refractivity contribution in [2.75, 3.05) is 32.4 Å². The number of nitrogens with zero attached hydrogens (tertiary/aromatic N) is 3. The highest BCUT2D eigenvalue weighted by Gasteiger charge is 2.42. The molecule has 11 nitrogen and oxygen atoms in total. The second-order valence-electron chi connectivity index (χ2n) is 11.0. The number of likely N-dealkylation sites (tertiary alicyclic amines) is 2. The summed E-state index contributed by atoms with van der Waals surface area (Å²) in [5.41, 5.74) is -0.0880. The lowest BCUT2D eigenvalue weighted by Crippen LogP contribution is -2.62. The van der Waals surface area contributed by atoms with Gasteiger partial charge in [0.05, 0.1) is 23.5 Å². The van der Waals surface area contributed by atoms with Crippen molar-refractivity contribution in [3.05, 3.63) is 35.9 Å². The Morgan fingerprint density at radius 2 is 1.76 bits per heavy atom. The molecule has 2 heterocycles. The first-order valence-electron chi connectivity index (χ1n) is 12.7. The van der Waals surface area contributed by atoms with Gasteiger partial charge in [-0.15, -0.1) is 0 Å². The molecular formula is C26H37N3O8S. The number of carboxylic acids is 1. The van der Waals surface area contributed by atoms with Crippen LogP contribution in [0, 0.1) is 5.92 Å². The standard InChI is InChI=1S/C26H37N3O8S/c1-26(2,3)37-25(34)28-14-20(15-28)27(4)22(30)13-19(23(31)29-12-8-11-21(29)24(32)33)17-38(35,36)16-18-9-6-5-7-10-18/h5-7,9-10,19-21H,8,11-17H2,1-4H3,(H,32,33)/t19-,21-/m0/s1. The van der Waals surface area contributed by atoms with Gasteiger partial charge in [-0.1, -0.05) is 30.3 Å². The van der Waals surface area contributed by atoms with E-state index in [2.05, 4.69) is 0 Å². The molecule has 0 bridgehead atoms. The Balaban J connectivity index is 1.71. The van der Waals surface area contributed by atoms with E-state index >= 15 is 0 Å². The average Bonchev–Trinajstić information content (AvgIpc) is 3.26. The molecule has 0 aliphatic carbocycles. The monoisotopic (exact) mass is 551 g/mol. The Hall–Kier alpha value is -3.15. The SMILES string of the molecule is CN(C(=O)C[C@@H](CS(=O)(=O)Cc1ccccc1)C(=O)N1CCC[C@H]1C(=O)O)C1CN(C(=O)OC(C)(C)C)C1. The molecule has 3 amide bonds. The quantitative estimate of drug-likeness (QED) is 0.489. The Kier molecular flexibility index (Phi) is 9.06. The van der Waals surface area contributed by atoms with Crippen LogP contribution in [0.1, 0.15) is 45.6 Å². The van der Waals surface area contributed by atoms with Gasteiger partial charge < -0.3 is 24.5 Å². The molecule has 12 heteroatoms. The summed E-state index contributed by atoms with van der Waals surface area (Å²) in [7, 11) is -2.25. The van der Waals surface area contributed by atoms with Crippen molar-refractivity contribution in [2.45, 2.75) is 63.5 Å². The second-order valence-corrected chi connectivity index (χ2v) is 13.1. The first-order chi connectivity index (χ1) is 17.7. The van der Waals surface area contributed by atoms with Gasteiger partial charge in [-0.2, -0.15) is 0 Å². The summed E-state index contributed by atoms with van der Waals surface area (Å²) in [6.07, 6.45) is -0.0953. The summed E-state index contributed by atoms with van der Waals surface area (Å²) in [6, 6.07) is 7.19. The zero-order valence-corrected chi connectivity index (χ0v) is 23.1. The van der Waals surface area contributed by atoms with E-state index < -0.39 is 57.0 Å². The van der Waals surface area contributed by atoms with E-state index in [1.165, 1.54) is 14.7 Å². The molecule has 0 saturated carbocycles. The van der Waals surface area contributed by atoms with Crippen LogP contribution in [-0.4, -0.2) is 102 Å². The van der Waals surface area contributed by atoms with Crippen LogP contribution in [-0.2, 0) is 34.7 Å². The maximum atomic E-state index is 13.4. The predicted octanol–water partition coefficient (Wildman–Crippen LogP) is 1.76. The number of rotatable bonds is 9. The van der Waals surface area contributed by atoms with Crippen molar-refractivity contribution in [3.8, 4) is 0 Å². The van der Waals surface area contributed by atoms with Gasteiger partial charge in [0.2, 0.25) is 11.8 Å². The fraction of sp³-hybridized carbons (Fsp3) is 0.615. The number of aliphatic carboxylic acids is 1. The molecule has 210 valence electrons. The molecule has 0 aromatic heterocycles. The van der Waals surface area contributed by atoms with Gasteiger partial charge in [-0.3, -0.25) is 9.59 Å². The topological polar surface area (TPSA) is 142 Å². The van der Waals surface area contributed by atoms with Gasteiger partial charge in [-0.25, -0.2) is 18.0 Å². The fourth-order valence-electron chi connectivity index (χ4n) is 4.67. The fourth-order valence-corrected chi connectivity index (χ4v) is 6.36. The lowest BCUT2D eigenvalue weighted by Gasteiger charge is -2.44. The van der Waals surface area contributed by atoms with E-state index in [1.807, 2.05) is 0 Å². The lowest BCUT2D eigenvalue weighted by atomic mass is 10.0. The van der Waals surface area contributed by atoms with E-state index in [0.717, 1.165) is 0 Å². The molecule has 38 heavy (non-hydrogen) atoms. The molecule has 2 saturated heterocycles. The smallest absolute Gasteiger partial charge is 0.410 e. The highest BCUT2D eigenvalue weighted by Crippen LogP contribution is 2.25. The number of hydrogen-bond donors (Lipinski definition) is 1. The minimum atomic E-state index is -3.80. The van der Waals surface area contributed by atoms with E-state index in [9.17, 15) is 32.7 Å². The normalized spacial score (nSPS) is 19.0. The molecule has 0 radical (unpaired) electrons. The van der Waals surface area contributed by atoms with Crippen LogP contribution in [0.15, 0.2) is 30.3 Å². The molecule has 1 aromatic carbocycles. The van der Waals surface area contributed by atoms with E-state index in [0.29, 0.717) is 12.0 Å². The highest BCUT2D eigenvalue weighted by atomic mass is 32.2. The number of hydrogen-bond acceptors (Lipinski definition) is 7. The molecule has 1 N–H and O–H groups in total.